The van der Waals surface area contributed by atoms with E-state index in [1.807, 2.05) is 12.3 Å². The summed E-state index contributed by atoms with van der Waals surface area (Å²) in [5.41, 5.74) is 2.61. The minimum absolute atomic E-state index is 0.795. The molecule has 0 unspecified atom stereocenters. The molecular formula is C18H24N4. The average molecular weight is 296 g/mol. The number of rotatable bonds is 4. The van der Waals surface area contributed by atoms with Crippen molar-refractivity contribution in [3.05, 3.63) is 47.7 Å². The number of anilines is 2. The van der Waals surface area contributed by atoms with Crippen molar-refractivity contribution >= 4 is 11.8 Å². The zero-order valence-corrected chi connectivity index (χ0v) is 13.3. The molecule has 2 heterocycles. The Labute approximate surface area is 132 Å². The van der Waals surface area contributed by atoms with Crippen LogP contribution in [0.1, 0.15) is 36.8 Å². The molecule has 4 nitrogen and oxygen atoms in total. The quantitative estimate of drug-likeness (QED) is 0.932. The number of aromatic nitrogens is 2. The van der Waals surface area contributed by atoms with Gasteiger partial charge in [0.25, 0.3) is 0 Å². The molecule has 0 bridgehead atoms. The van der Waals surface area contributed by atoms with Crippen LogP contribution in [0.4, 0.5) is 11.8 Å². The summed E-state index contributed by atoms with van der Waals surface area (Å²) in [4.78, 5) is 11.5. The normalized spacial score (nSPS) is 15.4. The molecule has 3 rings (SSSR count). The van der Waals surface area contributed by atoms with E-state index in [9.17, 15) is 0 Å². The molecule has 0 radical (unpaired) electrons. The summed E-state index contributed by atoms with van der Waals surface area (Å²) in [6.07, 6.45) is 6.98. The zero-order valence-electron chi connectivity index (χ0n) is 13.3. The third-order valence-electron chi connectivity index (χ3n) is 4.25. The molecule has 116 valence electrons. The van der Waals surface area contributed by atoms with E-state index in [-0.39, 0.29) is 0 Å². The molecule has 2 aromatic rings. The predicted molar refractivity (Wildman–Crippen MR) is 91.2 cm³/mol. The first-order chi connectivity index (χ1) is 10.8. The Morgan fingerprint density at radius 1 is 1.05 bits per heavy atom. The molecule has 0 spiro atoms. The van der Waals surface area contributed by atoms with Crippen LogP contribution in [0.25, 0.3) is 0 Å². The van der Waals surface area contributed by atoms with Gasteiger partial charge in [0.15, 0.2) is 0 Å². The van der Waals surface area contributed by atoms with Crippen molar-refractivity contribution in [2.45, 2.75) is 39.2 Å². The maximum absolute atomic E-state index is 4.69. The van der Waals surface area contributed by atoms with Crippen molar-refractivity contribution in [2.75, 3.05) is 23.3 Å². The molecular weight excluding hydrogens is 272 g/mol. The topological polar surface area (TPSA) is 41.1 Å². The number of hydrogen-bond donors (Lipinski definition) is 1. The van der Waals surface area contributed by atoms with Crippen molar-refractivity contribution in [2.24, 2.45) is 0 Å². The number of nitrogens with one attached hydrogen (secondary N) is 1. The molecule has 4 heteroatoms. The first-order valence-electron chi connectivity index (χ1n) is 8.19. The van der Waals surface area contributed by atoms with Gasteiger partial charge in [-0.05, 0) is 37.0 Å². The SMILES string of the molecule is Cc1ccccc1CNc1ccnc(N2CCCCCC2)n1. The summed E-state index contributed by atoms with van der Waals surface area (Å²) < 4.78 is 0. The smallest absolute Gasteiger partial charge is 0.227 e. The van der Waals surface area contributed by atoms with Gasteiger partial charge >= 0.3 is 0 Å². The molecule has 0 aliphatic carbocycles. The Morgan fingerprint density at radius 2 is 1.82 bits per heavy atom. The highest BCUT2D eigenvalue weighted by molar-refractivity contribution is 5.42. The second-order valence-corrected chi connectivity index (χ2v) is 5.92. The van der Waals surface area contributed by atoms with Crippen LogP contribution in [0.3, 0.4) is 0 Å². The third-order valence-corrected chi connectivity index (χ3v) is 4.25. The van der Waals surface area contributed by atoms with Crippen LogP contribution in [0.15, 0.2) is 36.5 Å². The highest BCUT2D eigenvalue weighted by Crippen LogP contribution is 2.17. The summed E-state index contributed by atoms with van der Waals surface area (Å²) in [5, 5.41) is 3.42. The molecule has 1 aliphatic heterocycles. The van der Waals surface area contributed by atoms with Crippen LogP contribution >= 0.6 is 0 Å². The second-order valence-electron chi connectivity index (χ2n) is 5.92. The summed E-state index contributed by atoms with van der Waals surface area (Å²) >= 11 is 0. The number of nitrogens with zero attached hydrogens (tertiary/aromatic N) is 3. The summed E-state index contributed by atoms with van der Waals surface area (Å²) in [5.74, 6) is 1.76. The molecule has 22 heavy (non-hydrogen) atoms. The average Bonchev–Trinajstić information content (AvgIpc) is 2.84. The van der Waals surface area contributed by atoms with Crippen molar-refractivity contribution in [3.8, 4) is 0 Å². The molecule has 1 fully saturated rings. The fourth-order valence-corrected chi connectivity index (χ4v) is 2.86. The highest BCUT2D eigenvalue weighted by Gasteiger charge is 2.12. The number of hydrogen-bond acceptors (Lipinski definition) is 4. The van der Waals surface area contributed by atoms with E-state index in [4.69, 9.17) is 0 Å². The van der Waals surface area contributed by atoms with Crippen molar-refractivity contribution in [3.63, 3.8) is 0 Å². The van der Waals surface area contributed by atoms with Gasteiger partial charge in [-0.15, -0.1) is 0 Å². The Bertz CT molecular complexity index is 604. The molecule has 1 N–H and O–H groups in total. The first-order valence-corrected chi connectivity index (χ1v) is 8.19. The van der Waals surface area contributed by atoms with Gasteiger partial charge in [0.1, 0.15) is 5.82 Å². The minimum Gasteiger partial charge on any atom is -0.366 e. The maximum atomic E-state index is 4.69. The van der Waals surface area contributed by atoms with Crippen molar-refractivity contribution in [1.82, 2.24) is 9.97 Å². The Hall–Kier alpha value is -2.10. The van der Waals surface area contributed by atoms with Gasteiger partial charge in [-0.3, -0.25) is 0 Å². The molecule has 0 atom stereocenters. The Morgan fingerprint density at radius 3 is 2.59 bits per heavy atom. The lowest BCUT2D eigenvalue weighted by Crippen LogP contribution is -2.26. The highest BCUT2D eigenvalue weighted by atomic mass is 15.3. The Balaban J connectivity index is 1.67. The third kappa shape index (κ3) is 3.75. The van der Waals surface area contributed by atoms with Crippen LogP contribution in [0.5, 0.6) is 0 Å². The summed E-state index contributed by atoms with van der Waals surface area (Å²) in [6, 6.07) is 10.4. The van der Waals surface area contributed by atoms with Gasteiger partial charge in [0.2, 0.25) is 5.95 Å². The second kappa shape index (κ2) is 7.25. The van der Waals surface area contributed by atoms with Crippen LogP contribution in [-0.4, -0.2) is 23.1 Å². The summed E-state index contributed by atoms with van der Waals surface area (Å²) in [6.45, 7) is 5.07. The summed E-state index contributed by atoms with van der Waals surface area (Å²) in [7, 11) is 0. The fraction of sp³-hybridized carbons (Fsp3) is 0.444. The van der Waals surface area contributed by atoms with E-state index in [2.05, 4.69) is 51.4 Å². The minimum atomic E-state index is 0.795. The fourth-order valence-electron chi connectivity index (χ4n) is 2.86. The van der Waals surface area contributed by atoms with Crippen LogP contribution in [0.2, 0.25) is 0 Å². The predicted octanol–water partition coefficient (Wildman–Crippen LogP) is 3.78. The van der Waals surface area contributed by atoms with Gasteiger partial charge in [-0.2, -0.15) is 4.98 Å². The van der Waals surface area contributed by atoms with Gasteiger partial charge in [-0.1, -0.05) is 37.1 Å². The first kappa shape index (κ1) is 14.8. The van der Waals surface area contributed by atoms with E-state index in [0.29, 0.717) is 0 Å². The molecule has 0 amide bonds. The van der Waals surface area contributed by atoms with E-state index in [0.717, 1.165) is 31.4 Å². The van der Waals surface area contributed by atoms with Crippen LogP contribution in [-0.2, 0) is 6.54 Å². The lowest BCUT2D eigenvalue weighted by Gasteiger charge is -2.20. The van der Waals surface area contributed by atoms with Gasteiger partial charge < -0.3 is 10.2 Å². The van der Waals surface area contributed by atoms with Crippen LogP contribution < -0.4 is 10.2 Å². The van der Waals surface area contributed by atoms with Gasteiger partial charge in [0, 0.05) is 25.8 Å². The van der Waals surface area contributed by atoms with E-state index < -0.39 is 0 Å². The van der Waals surface area contributed by atoms with Crippen molar-refractivity contribution in [1.29, 1.82) is 0 Å². The lowest BCUT2D eigenvalue weighted by atomic mass is 10.1. The maximum Gasteiger partial charge on any atom is 0.227 e. The lowest BCUT2D eigenvalue weighted by molar-refractivity contribution is 0.726. The van der Waals surface area contributed by atoms with Gasteiger partial charge in [-0.25, -0.2) is 4.98 Å². The standard InChI is InChI=1S/C18H24N4/c1-15-8-4-5-9-16(15)14-20-17-10-11-19-18(21-17)22-12-6-2-3-7-13-22/h4-5,8-11H,2-3,6-7,12-14H2,1H3,(H,19,20,21). The van der Waals surface area contributed by atoms with Crippen LogP contribution in [0, 0.1) is 6.92 Å². The van der Waals surface area contributed by atoms with Crippen molar-refractivity contribution < 1.29 is 0 Å². The molecule has 1 saturated heterocycles. The Kier molecular flexibility index (Phi) is 4.88. The van der Waals surface area contributed by atoms with E-state index >= 15 is 0 Å². The molecule has 0 saturated carbocycles. The van der Waals surface area contributed by atoms with E-state index in [1.165, 1.54) is 36.8 Å². The largest absolute Gasteiger partial charge is 0.366 e. The monoisotopic (exact) mass is 296 g/mol. The molecule has 1 aromatic carbocycles. The van der Waals surface area contributed by atoms with Gasteiger partial charge in [0.05, 0.1) is 0 Å². The number of benzene rings is 1. The number of aryl methyl sites for hydroxylation is 1. The molecule has 1 aliphatic rings. The van der Waals surface area contributed by atoms with E-state index in [1.54, 1.807) is 0 Å². The zero-order chi connectivity index (χ0) is 15.2. The molecule has 1 aromatic heterocycles.